The van der Waals surface area contributed by atoms with Crippen LogP contribution in [0.15, 0.2) is 0 Å². The molecule has 0 aromatic rings. The first-order valence-corrected chi connectivity index (χ1v) is 22.8. The van der Waals surface area contributed by atoms with Gasteiger partial charge in [0.25, 0.3) is 0 Å². The van der Waals surface area contributed by atoms with Gasteiger partial charge >= 0.3 is 47.5 Å². The number of rotatable bonds is 13. The van der Waals surface area contributed by atoms with E-state index in [4.69, 9.17) is 21.5 Å². The average Bonchev–Trinajstić information content (AvgIpc) is 2.56. The van der Waals surface area contributed by atoms with Gasteiger partial charge in [0, 0.05) is 9.15 Å². The Morgan fingerprint density at radius 2 is 0.902 bits per heavy atom. The summed E-state index contributed by atoms with van der Waals surface area (Å²) in [6, 6.07) is -0.946. The first-order valence-electron chi connectivity index (χ1n) is 10.6. The number of alkyl halides is 11. The van der Waals surface area contributed by atoms with Crippen molar-refractivity contribution in [1.29, 1.82) is 0 Å². The molecule has 0 radical (unpaired) electrons. The molecule has 20 heteroatoms. The molecule has 258 valence electrons. The monoisotopic (exact) mass is 708 g/mol. The zero-order valence-corrected chi connectivity index (χ0v) is 25.7. The van der Waals surface area contributed by atoms with Gasteiger partial charge in [0.15, 0.2) is 16.6 Å². The number of hydrogen-bond acceptors (Lipinski definition) is 3. The summed E-state index contributed by atoms with van der Waals surface area (Å²) in [5.41, 5.74) is 0. The highest BCUT2D eigenvalue weighted by Crippen LogP contribution is 2.56. The van der Waals surface area contributed by atoms with Crippen molar-refractivity contribution < 1.29 is 69.8 Å². The zero-order valence-electron chi connectivity index (χ0n) is 21.7. The molecule has 0 N–H and O–H groups in total. The van der Waals surface area contributed by atoms with E-state index in [-0.39, 0.29) is 29.7 Å². The van der Waals surface area contributed by atoms with Gasteiger partial charge in [-0.2, -0.15) is 39.5 Å². The summed E-state index contributed by atoms with van der Waals surface area (Å²) in [6.07, 6.45) is -13.3. The minimum atomic E-state index is -6.98. The Bertz CT molecular complexity index is 714. The quantitative estimate of drug-likeness (QED) is 0.141. The van der Waals surface area contributed by atoms with Crippen LogP contribution in [0.25, 0.3) is 0 Å². The van der Waals surface area contributed by atoms with E-state index in [0.29, 0.717) is 0 Å². The van der Waals surface area contributed by atoms with Crippen molar-refractivity contribution in [2.75, 3.05) is 0 Å². The maximum absolute atomic E-state index is 14.3. The molecule has 3 nitrogen and oxygen atoms in total. The van der Waals surface area contributed by atoms with Crippen LogP contribution < -0.4 is 0 Å². The van der Waals surface area contributed by atoms with Gasteiger partial charge in [-0.05, 0) is 71.4 Å². The minimum Gasteiger partial charge on any atom is -0.437 e. The van der Waals surface area contributed by atoms with Crippen LogP contribution in [0.3, 0.4) is 0 Å². The normalized spacial score (nSPS) is 15.6. The molecule has 0 aromatic carbocycles. The molecule has 0 aliphatic carbocycles. The van der Waals surface area contributed by atoms with Crippen LogP contribution in [0.2, 0.25) is 65.0 Å². The van der Waals surface area contributed by atoms with Crippen molar-refractivity contribution in [3.8, 4) is 0 Å². The second-order valence-electron chi connectivity index (χ2n) is 10.8. The van der Waals surface area contributed by atoms with Crippen molar-refractivity contribution in [3.05, 3.63) is 0 Å². The van der Waals surface area contributed by atoms with Gasteiger partial charge in [0.2, 0.25) is 0 Å². The highest BCUT2D eigenvalue weighted by molar-refractivity contribution is 6.89. The lowest BCUT2D eigenvalue weighted by molar-refractivity contribution is -0.374. The van der Waals surface area contributed by atoms with E-state index in [1.54, 1.807) is 52.4 Å². The fourth-order valence-corrected chi connectivity index (χ4v) is 21.5. The molecule has 0 aromatic heterocycles. The summed E-state index contributed by atoms with van der Waals surface area (Å²) >= 11 is 0. The van der Waals surface area contributed by atoms with E-state index in [0.717, 1.165) is 0 Å². The Morgan fingerprint density at radius 1 is 0.561 bits per heavy atom. The third-order valence-corrected chi connectivity index (χ3v) is 17.8. The molecule has 0 saturated carbocycles. The molecule has 0 spiro atoms. The van der Waals surface area contributed by atoms with E-state index >= 15 is 0 Å². The molecule has 41 heavy (non-hydrogen) atoms. The van der Waals surface area contributed by atoms with Gasteiger partial charge in [-0.3, -0.25) is 0 Å². The Kier molecular flexibility index (Phi) is 22.6. The lowest BCUT2D eigenvalue weighted by Gasteiger charge is -2.42. The molecule has 0 heterocycles. The predicted molar refractivity (Wildman–Crippen MR) is 148 cm³/mol. The number of hydrogen-bond donors (Lipinski definition) is 0. The summed E-state index contributed by atoms with van der Waals surface area (Å²) < 4.78 is 182. The second kappa shape index (κ2) is 17.4. The van der Waals surface area contributed by atoms with Crippen molar-refractivity contribution in [1.82, 2.24) is 0 Å². The van der Waals surface area contributed by atoms with Gasteiger partial charge in [-0.15, -0.1) is 0 Å². The lowest BCUT2D eigenvalue weighted by Crippen LogP contribution is -2.63. The van der Waals surface area contributed by atoms with Crippen molar-refractivity contribution in [2.24, 2.45) is 5.92 Å². The van der Waals surface area contributed by atoms with Crippen molar-refractivity contribution in [2.45, 2.75) is 131 Å². The molecule has 2 atom stereocenters. The molecule has 0 saturated heterocycles. The SMILES string of the molecule is C.C.C.C.C[Si](C)(C)O[Si](C)(C)O[Si](C)(CCC(C(F)(F)F)C(F)(F)C(F)(F)C(F)(F)C(F)F)O[Si](C)(C)C.FF. The standard InChI is InChI=1S/C17H33F11O3Si4.4CH4.F2/c1-32(2,3)29-34(7,8)31-35(9,30-33(4,5)6)11-10-12(16(24,25)26)14(20,21)17(27,28)15(22,23)13(18)19;;;;;1-2/h12-13H,10-11H2,1-9H3;4*1H4;. The topological polar surface area (TPSA) is 27.7 Å². The van der Waals surface area contributed by atoms with E-state index in [9.17, 15) is 48.3 Å². The maximum Gasteiger partial charge on any atom is 0.397 e. The van der Waals surface area contributed by atoms with Crippen LogP contribution in [-0.2, 0) is 12.3 Å². The highest BCUT2D eigenvalue weighted by atomic mass is 28.5. The zero-order chi connectivity index (χ0) is 30.7. The van der Waals surface area contributed by atoms with Crippen molar-refractivity contribution >= 4 is 33.8 Å². The summed E-state index contributed by atoms with van der Waals surface area (Å²) in [7, 11) is -11.9. The second-order valence-corrected chi connectivity index (χ2v) is 27.3. The Labute approximate surface area is 241 Å². The largest absolute Gasteiger partial charge is 0.437 e. The molecule has 0 bridgehead atoms. The molecule has 0 fully saturated rings. The van der Waals surface area contributed by atoms with E-state index < -0.39 is 82.5 Å². The smallest absolute Gasteiger partial charge is 0.397 e. The minimum absolute atomic E-state index is 0. The molecule has 0 amide bonds. The van der Waals surface area contributed by atoms with Gasteiger partial charge in [-0.1, -0.05) is 29.7 Å². The Morgan fingerprint density at radius 3 is 1.17 bits per heavy atom. The van der Waals surface area contributed by atoms with Crippen LogP contribution in [-0.4, -0.2) is 64.1 Å². The first-order chi connectivity index (χ1) is 15.9. The van der Waals surface area contributed by atoms with Crippen LogP contribution in [0.4, 0.5) is 57.4 Å². The fraction of sp³-hybridized carbons (Fsp3) is 1.00. The average molecular weight is 709 g/mol. The summed E-state index contributed by atoms with van der Waals surface area (Å²) in [5.74, 6) is -24.6. The van der Waals surface area contributed by atoms with Crippen LogP contribution >= 0.6 is 0 Å². The maximum atomic E-state index is 14.3. The fourth-order valence-electron chi connectivity index (χ4n) is 3.58. The molecule has 0 rings (SSSR count). The molecular weight excluding hydrogens is 660 g/mol. The van der Waals surface area contributed by atoms with Crippen LogP contribution in [0, 0.1) is 5.92 Å². The van der Waals surface area contributed by atoms with E-state index in [2.05, 4.69) is 0 Å². The van der Waals surface area contributed by atoms with Gasteiger partial charge in [0.1, 0.15) is 5.92 Å². The lowest BCUT2D eigenvalue weighted by atomic mass is 9.89. The highest BCUT2D eigenvalue weighted by Gasteiger charge is 2.80. The van der Waals surface area contributed by atoms with Crippen LogP contribution in [0.1, 0.15) is 36.1 Å². The van der Waals surface area contributed by atoms with E-state index in [1.165, 1.54) is 6.55 Å². The summed E-state index contributed by atoms with van der Waals surface area (Å²) in [6.45, 7) is 14.6. The first kappa shape index (κ1) is 53.4. The van der Waals surface area contributed by atoms with E-state index in [1.807, 2.05) is 0 Å². The Hall–Kier alpha value is -0.162. The van der Waals surface area contributed by atoms with Crippen LogP contribution in [0.5, 0.6) is 0 Å². The van der Waals surface area contributed by atoms with Gasteiger partial charge < -0.3 is 12.3 Å². The molecule has 0 aliphatic heterocycles. The molecule has 2 unspecified atom stereocenters. The summed E-state index contributed by atoms with van der Waals surface area (Å²) in [4.78, 5) is 0. The Balaban J connectivity index is -0.000000498. The predicted octanol–water partition coefficient (Wildman–Crippen LogP) is 11.6. The molecule has 0 aliphatic rings. The summed E-state index contributed by atoms with van der Waals surface area (Å²) in [5, 5.41) is 0. The van der Waals surface area contributed by atoms with Gasteiger partial charge in [-0.25, -0.2) is 8.78 Å². The van der Waals surface area contributed by atoms with Gasteiger partial charge in [0.05, 0.1) is 0 Å². The van der Waals surface area contributed by atoms with Crippen molar-refractivity contribution in [3.63, 3.8) is 0 Å². The number of halogens is 13. The third kappa shape index (κ3) is 15.9. The molecular formula is C21H49F13O3Si4. The third-order valence-electron chi connectivity index (χ3n) is 4.37.